The Labute approximate surface area is 129 Å². The molecule has 21 heavy (non-hydrogen) atoms. The van der Waals surface area contributed by atoms with E-state index in [1.807, 2.05) is 0 Å². The minimum atomic E-state index is -2.52. The van der Waals surface area contributed by atoms with E-state index in [-0.39, 0.29) is 6.42 Å². The number of carboxylic acids is 1. The van der Waals surface area contributed by atoms with Gasteiger partial charge >= 0.3 is 14.8 Å². The maximum Gasteiger partial charge on any atom is 0.500 e. The molecule has 0 aromatic rings. The van der Waals surface area contributed by atoms with Crippen LogP contribution in [0.1, 0.15) is 33.1 Å². The van der Waals surface area contributed by atoms with Gasteiger partial charge in [0.05, 0.1) is 6.42 Å². The van der Waals surface area contributed by atoms with Crippen molar-refractivity contribution in [3.8, 4) is 0 Å². The zero-order valence-electron chi connectivity index (χ0n) is 14.1. The molecule has 7 heteroatoms. The molecule has 0 amide bonds. The molecular weight excluding hydrogens is 290 g/mol. The van der Waals surface area contributed by atoms with E-state index in [2.05, 4.69) is 18.7 Å². The summed E-state index contributed by atoms with van der Waals surface area (Å²) in [7, 11) is 2.32. The fraction of sp³-hybridized carbons (Fsp3) is 0.929. The molecule has 126 valence electrons. The molecule has 0 aromatic carbocycles. The first-order chi connectivity index (χ1) is 9.89. The van der Waals surface area contributed by atoms with Gasteiger partial charge in [0.15, 0.2) is 0 Å². The molecule has 0 rings (SSSR count). The second kappa shape index (κ2) is 11.1. The van der Waals surface area contributed by atoms with Gasteiger partial charge in [0.2, 0.25) is 0 Å². The summed E-state index contributed by atoms with van der Waals surface area (Å²) in [6.45, 7) is 6.70. The summed E-state index contributed by atoms with van der Waals surface area (Å²) in [5.74, 6) is -0.137. The van der Waals surface area contributed by atoms with E-state index in [1.54, 1.807) is 21.3 Å². The van der Waals surface area contributed by atoms with Gasteiger partial charge in [-0.2, -0.15) is 0 Å². The average Bonchev–Trinajstić information content (AvgIpc) is 2.46. The zero-order valence-corrected chi connectivity index (χ0v) is 15.1. The number of rotatable bonds is 13. The van der Waals surface area contributed by atoms with E-state index in [1.165, 1.54) is 0 Å². The lowest BCUT2D eigenvalue weighted by Gasteiger charge is -2.27. The molecule has 0 aliphatic heterocycles. The molecule has 0 aromatic heterocycles. The number of carboxylic acid groups (broad SMARTS) is 1. The molecule has 0 unspecified atom stereocenters. The fourth-order valence-corrected chi connectivity index (χ4v) is 3.81. The van der Waals surface area contributed by atoms with Gasteiger partial charge in [-0.05, 0) is 31.8 Å². The lowest BCUT2D eigenvalue weighted by atomic mass is 10.1. The minimum Gasteiger partial charge on any atom is -0.481 e. The molecule has 0 atom stereocenters. The van der Waals surface area contributed by atoms with E-state index in [9.17, 15) is 4.79 Å². The average molecular weight is 321 g/mol. The molecule has 0 fully saturated rings. The summed E-state index contributed by atoms with van der Waals surface area (Å²) in [6, 6.07) is 0.738. The van der Waals surface area contributed by atoms with Gasteiger partial charge in [0.25, 0.3) is 0 Å². The smallest absolute Gasteiger partial charge is 0.481 e. The monoisotopic (exact) mass is 321 g/mol. The Morgan fingerprint density at radius 3 is 2.10 bits per heavy atom. The lowest BCUT2D eigenvalue weighted by Crippen LogP contribution is -2.43. The Morgan fingerprint density at radius 2 is 1.67 bits per heavy atom. The Bertz CT molecular complexity index is 276. The van der Waals surface area contributed by atoms with Crippen molar-refractivity contribution in [1.82, 2.24) is 4.90 Å². The molecule has 0 spiro atoms. The van der Waals surface area contributed by atoms with Crippen molar-refractivity contribution in [2.24, 2.45) is 5.92 Å². The molecule has 0 aliphatic rings. The van der Waals surface area contributed by atoms with Crippen molar-refractivity contribution in [2.45, 2.75) is 39.2 Å². The van der Waals surface area contributed by atoms with Crippen LogP contribution in [0.15, 0.2) is 0 Å². The van der Waals surface area contributed by atoms with Gasteiger partial charge in [-0.1, -0.05) is 13.8 Å². The third-order valence-electron chi connectivity index (χ3n) is 3.55. The minimum absolute atomic E-state index is 0.180. The third-order valence-corrected chi connectivity index (χ3v) is 6.39. The maximum atomic E-state index is 10.7. The van der Waals surface area contributed by atoms with Crippen LogP contribution in [0.4, 0.5) is 0 Å². The van der Waals surface area contributed by atoms with Crippen molar-refractivity contribution in [3.05, 3.63) is 0 Å². The number of hydrogen-bond donors (Lipinski definition) is 1. The van der Waals surface area contributed by atoms with E-state index < -0.39 is 14.8 Å². The molecule has 0 bridgehead atoms. The van der Waals surface area contributed by atoms with Crippen molar-refractivity contribution < 1.29 is 23.2 Å². The molecule has 0 aliphatic carbocycles. The van der Waals surface area contributed by atoms with Crippen molar-refractivity contribution in [3.63, 3.8) is 0 Å². The van der Waals surface area contributed by atoms with Gasteiger partial charge in [-0.3, -0.25) is 4.79 Å². The quantitative estimate of drug-likeness (QED) is 0.524. The van der Waals surface area contributed by atoms with Gasteiger partial charge in [-0.25, -0.2) is 0 Å². The molecular formula is C14H31NO5Si. The van der Waals surface area contributed by atoms with Crippen LogP contribution < -0.4 is 0 Å². The van der Waals surface area contributed by atoms with Crippen LogP contribution in [-0.4, -0.2) is 65.7 Å². The van der Waals surface area contributed by atoms with Gasteiger partial charge in [-0.15, -0.1) is 0 Å². The highest BCUT2D eigenvalue weighted by Gasteiger charge is 2.37. The molecule has 0 heterocycles. The van der Waals surface area contributed by atoms with E-state index >= 15 is 0 Å². The van der Waals surface area contributed by atoms with Crippen molar-refractivity contribution in [1.29, 1.82) is 0 Å². The second-order valence-corrected chi connectivity index (χ2v) is 8.66. The van der Waals surface area contributed by atoms with Crippen molar-refractivity contribution in [2.75, 3.05) is 41.0 Å². The summed E-state index contributed by atoms with van der Waals surface area (Å²) in [4.78, 5) is 12.9. The van der Waals surface area contributed by atoms with Crippen LogP contribution in [0.2, 0.25) is 6.04 Å². The van der Waals surface area contributed by atoms with E-state index in [4.69, 9.17) is 18.4 Å². The molecule has 0 saturated carbocycles. The summed E-state index contributed by atoms with van der Waals surface area (Å²) in [5, 5.41) is 8.83. The number of carbonyl (C=O) groups is 1. The van der Waals surface area contributed by atoms with Crippen LogP contribution in [0, 0.1) is 5.92 Å². The first-order valence-corrected chi connectivity index (χ1v) is 9.42. The summed E-state index contributed by atoms with van der Waals surface area (Å²) in [6.07, 6.45) is 2.12. The van der Waals surface area contributed by atoms with Crippen LogP contribution in [-0.2, 0) is 18.1 Å². The predicted molar refractivity (Wildman–Crippen MR) is 84.4 cm³/mol. The molecule has 0 saturated heterocycles. The summed E-state index contributed by atoms with van der Waals surface area (Å²) in [5.41, 5.74) is 0. The Kier molecular flexibility index (Phi) is 10.9. The summed E-state index contributed by atoms with van der Waals surface area (Å²) >= 11 is 0. The Hall–Kier alpha value is -0.473. The Morgan fingerprint density at radius 1 is 1.10 bits per heavy atom. The SMILES string of the molecule is CO[Si](CCCN(CCC(=O)O)CCC(C)C)(OC)OC. The third kappa shape index (κ3) is 9.21. The van der Waals surface area contributed by atoms with Crippen LogP contribution in [0.25, 0.3) is 0 Å². The van der Waals surface area contributed by atoms with Crippen molar-refractivity contribution >= 4 is 14.8 Å². The van der Waals surface area contributed by atoms with Crippen LogP contribution in [0.5, 0.6) is 0 Å². The van der Waals surface area contributed by atoms with E-state index in [0.717, 1.165) is 32.0 Å². The zero-order chi connectivity index (χ0) is 16.3. The lowest BCUT2D eigenvalue weighted by molar-refractivity contribution is -0.137. The normalized spacial score (nSPS) is 12.3. The largest absolute Gasteiger partial charge is 0.500 e. The number of hydrogen-bond acceptors (Lipinski definition) is 5. The number of aliphatic carboxylic acids is 1. The van der Waals surface area contributed by atoms with Gasteiger partial charge < -0.3 is 23.3 Å². The highest BCUT2D eigenvalue weighted by atomic mass is 28.4. The maximum absolute atomic E-state index is 10.7. The second-order valence-electron chi connectivity index (χ2n) is 5.57. The summed E-state index contributed by atoms with van der Waals surface area (Å²) < 4.78 is 16.2. The molecule has 6 nitrogen and oxygen atoms in total. The van der Waals surface area contributed by atoms with Crippen LogP contribution in [0.3, 0.4) is 0 Å². The van der Waals surface area contributed by atoms with E-state index in [0.29, 0.717) is 12.5 Å². The highest BCUT2D eigenvalue weighted by molar-refractivity contribution is 6.60. The first-order valence-electron chi connectivity index (χ1n) is 7.48. The first kappa shape index (κ1) is 20.5. The number of nitrogens with zero attached hydrogens (tertiary/aromatic N) is 1. The predicted octanol–water partition coefficient (Wildman–Crippen LogP) is 2.08. The molecule has 1 N–H and O–H groups in total. The standard InChI is InChI=1S/C14H31NO5Si/c1-13(2)7-10-15(11-8-14(16)17)9-6-12-21(18-3,19-4)20-5/h13H,6-12H2,1-5H3,(H,16,17). The van der Waals surface area contributed by atoms with Crippen LogP contribution >= 0.6 is 0 Å². The van der Waals surface area contributed by atoms with Gasteiger partial charge in [0, 0.05) is 33.9 Å². The highest BCUT2D eigenvalue weighted by Crippen LogP contribution is 2.16. The molecule has 0 radical (unpaired) electrons. The Balaban J connectivity index is 4.28. The topological polar surface area (TPSA) is 68.2 Å². The van der Waals surface area contributed by atoms with Gasteiger partial charge in [0.1, 0.15) is 0 Å². The fourth-order valence-electron chi connectivity index (χ4n) is 2.11.